The summed E-state index contributed by atoms with van der Waals surface area (Å²) in [6.45, 7) is 6.03. The predicted molar refractivity (Wildman–Crippen MR) is 81.2 cm³/mol. The molecule has 0 atom stereocenters. The molecule has 2 aliphatic rings. The summed E-state index contributed by atoms with van der Waals surface area (Å²) in [4.78, 5) is 0. The molecule has 2 rings (SSSR count). The van der Waals surface area contributed by atoms with Crippen molar-refractivity contribution in [3.63, 3.8) is 0 Å². The van der Waals surface area contributed by atoms with Gasteiger partial charge < -0.3 is 5.32 Å². The van der Waals surface area contributed by atoms with E-state index in [1.54, 1.807) is 4.31 Å². The Kier molecular flexibility index (Phi) is 5.97. The lowest BCUT2D eigenvalue weighted by molar-refractivity contribution is 0.252. The zero-order valence-corrected chi connectivity index (χ0v) is 13.7. The summed E-state index contributed by atoms with van der Waals surface area (Å²) >= 11 is 0. The summed E-state index contributed by atoms with van der Waals surface area (Å²) in [6, 6.07) is 0. The van der Waals surface area contributed by atoms with Crippen LogP contribution in [0.4, 0.5) is 0 Å². The molecule has 1 N–H and O–H groups in total. The van der Waals surface area contributed by atoms with Crippen molar-refractivity contribution in [3.05, 3.63) is 0 Å². The van der Waals surface area contributed by atoms with E-state index in [1.165, 1.54) is 4.31 Å². The maximum Gasteiger partial charge on any atom is 0.282 e. The van der Waals surface area contributed by atoms with Crippen LogP contribution in [0.3, 0.4) is 0 Å². The summed E-state index contributed by atoms with van der Waals surface area (Å²) in [5.74, 6) is 1.52. The van der Waals surface area contributed by atoms with E-state index in [0.717, 1.165) is 25.9 Å². The van der Waals surface area contributed by atoms with Crippen LogP contribution in [0, 0.1) is 5.92 Å². The second-order valence-electron chi connectivity index (χ2n) is 5.40. The quantitative estimate of drug-likeness (QED) is 0.749. The SMILES string of the molecule is CCNCC1CCN(S(=O)(=O)N2CCS(=O)CC2)CC1. The van der Waals surface area contributed by atoms with Crippen LogP contribution < -0.4 is 5.32 Å². The number of piperidine rings is 1. The molecular weight excluding hydrogens is 298 g/mol. The van der Waals surface area contributed by atoms with Gasteiger partial charge in [-0.25, -0.2) is 0 Å². The Balaban J connectivity index is 1.87. The maximum atomic E-state index is 12.5. The van der Waals surface area contributed by atoms with E-state index >= 15 is 0 Å². The van der Waals surface area contributed by atoms with Gasteiger partial charge in [-0.05, 0) is 31.8 Å². The standard InChI is InChI=1S/C12H25N3O3S2/c1-2-13-11-12-3-5-14(6-4-12)20(17,18)15-7-9-19(16)10-8-15/h12-13H,2-11H2,1H3. The number of hydrogen-bond donors (Lipinski definition) is 1. The number of hydrogen-bond acceptors (Lipinski definition) is 4. The molecule has 8 heteroatoms. The normalized spacial score (nSPS) is 25.1. The van der Waals surface area contributed by atoms with Gasteiger partial charge in [0.25, 0.3) is 10.2 Å². The minimum Gasteiger partial charge on any atom is -0.317 e. The molecule has 2 fully saturated rings. The minimum absolute atomic E-state index is 0.395. The van der Waals surface area contributed by atoms with Gasteiger partial charge >= 0.3 is 0 Å². The number of nitrogens with one attached hydrogen (secondary N) is 1. The molecule has 0 aromatic heterocycles. The Bertz CT molecular complexity index is 423. The first kappa shape index (κ1) is 16.4. The highest BCUT2D eigenvalue weighted by Gasteiger charge is 2.34. The first-order valence-corrected chi connectivity index (χ1v) is 10.2. The predicted octanol–water partition coefficient (Wildman–Crippen LogP) is -0.383. The fourth-order valence-corrected chi connectivity index (χ4v) is 5.63. The van der Waals surface area contributed by atoms with Crippen molar-refractivity contribution >= 4 is 21.0 Å². The molecule has 0 radical (unpaired) electrons. The Labute approximate surface area is 124 Å². The Hall–Kier alpha value is -0.0200. The zero-order chi connectivity index (χ0) is 14.6. The molecule has 0 saturated carbocycles. The van der Waals surface area contributed by atoms with Crippen LogP contribution in [0.2, 0.25) is 0 Å². The van der Waals surface area contributed by atoms with Gasteiger partial charge in [0.1, 0.15) is 0 Å². The molecule has 2 saturated heterocycles. The second-order valence-corrected chi connectivity index (χ2v) is 9.03. The Morgan fingerprint density at radius 2 is 1.65 bits per heavy atom. The van der Waals surface area contributed by atoms with Crippen LogP contribution in [0.25, 0.3) is 0 Å². The van der Waals surface area contributed by atoms with Crippen LogP contribution in [-0.4, -0.2) is 72.0 Å². The van der Waals surface area contributed by atoms with Gasteiger partial charge in [-0.1, -0.05) is 6.92 Å². The molecule has 0 amide bonds. The lowest BCUT2D eigenvalue weighted by atomic mass is 9.98. The summed E-state index contributed by atoms with van der Waals surface area (Å²) < 4.78 is 39.4. The third-order valence-corrected chi connectivity index (χ3v) is 7.36. The highest BCUT2D eigenvalue weighted by Crippen LogP contribution is 2.21. The molecule has 0 aromatic rings. The van der Waals surface area contributed by atoms with E-state index in [2.05, 4.69) is 12.2 Å². The van der Waals surface area contributed by atoms with Crippen molar-refractivity contribution in [1.29, 1.82) is 0 Å². The molecule has 118 valence electrons. The van der Waals surface area contributed by atoms with Crippen molar-refractivity contribution in [2.24, 2.45) is 5.92 Å². The molecule has 0 unspecified atom stereocenters. The van der Waals surface area contributed by atoms with Gasteiger partial charge in [0.2, 0.25) is 0 Å². The molecule has 20 heavy (non-hydrogen) atoms. The molecule has 2 aliphatic heterocycles. The first-order valence-electron chi connectivity index (χ1n) is 7.35. The van der Waals surface area contributed by atoms with E-state index in [1.807, 2.05) is 0 Å². The monoisotopic (exact) mass is 323 g/mol. The summed E-state index contributed by atoms with van der Waals surface area (Å²) in [6.07, 6.45) is 1.85. The second kappa shape index (κ2) is 7.31. The first-order chi connectivity index (χ1) is 9.54. The lowest BCUT2D eigenvalue weighted by Crippen LogP contribution is -2.51. The highest BCUT2D eigenvalue weighted by molar-refractivity contribution is 7.87. The van der Waals surface area contributed by atoms with Crippen molar-refractivity contribution in [2.75, 3.05) is 50.8 Å². The molecule has 0 spiro atoms. The molecular formula is C12H25N3O3S2. The highest BCUT2D eigenvalue weighted by atomic mass is 32.2. The maximum absolute atomic E-state index is 12.5. The van der Waals surface area contributed by atoms with Gasteiger partial charge in [0, 0.05) is 48.5 Å². The van der Waals surface area contributed by atoms with Crippen LogP contribution in [0.5, 0.6) is 0 Å². The average molecular weight is 323 g/mol. The molecule has 2 heterocycles. The van der Waals surface area contributed by atoms with Crippen molar-refractivity contribution in [1.82, 2.24) is 13.9 Å². The fourth-order valence-electron chi connectivity index (χ4n) is 2.71. The van der Waals surface area contributed by atoms with Crippen LogP contribution in [-0.2, 0) is 21.0 Å². The van der Waals surface area contributed by atoms with E-state index in [0.29, 0.717) is 43.6 Å². The smallest absolute Gasteiger partial charge is 0.282 e. The van der Waals surface area contributed by atoms with Gasteiger partial charge in [0.15, 0.2) is 0 Å². The summed E-state index contributed by atoms with van der Waals surface area (Å²) in [7, 11) is -4.18. The zero-order valence-electron chi connectivity index (χ0n) is 12.1. The van der Waals surface area contributed by atoms with E-state index in [9.17, 15) is 12.6 Å². The Morgan fingerprint density at radius 1 is 1.10 bits per heavy atom. The van der Waals surface area contributed by atoms with Crippen molar-refractivity contribution < 1.29 is 12.6 Å². The Morgan fingerprint density at radius 3 is 2.20 bits per heavy atom. The van der Waals surface area contributed by atoms with Gasteiger partial charge in [-0.2, -0.15) is 17.0 Å². The topological polar surface area (TPSA) is 69.7 Å². The summed E-state index contributed by atoms with van der Waals surface area (Å²) in [5, 5.41) is 3.33. The summed E-state index contributed by atoms with van der Waals surface area (Å²) in [5.41, 5.74) is 0. The van der Waals surface area contributed by atoms with Crippen molar-refractivity contribution in [2.45, 2.75) is 19.8 Å². The molecule has 0 bridgehead atoms. The van der Waals surface area contributed by atoms with Gasteiger partial charge in [-0.3, -0.25) is 4.21 Å². The van der Waals surface area contributed by atoms with E-state index < -0.39 is 21.0 Å². The minimum atomic E-state index is -3.34. The largest absolute Gasteiger partial charge is 0.317 e. The molecule has 0 aromatic carbocycles. The van der Waals surface area contributed by atoms with E-state index in [4.69, 9.17) is 0 Å². The fraction of sp³-hybridized carbons (Fsp3) is 1.00. The molecule has 6 nitrogen and oxygen atoms in total. The third-order valence-electron chi connectivity index (χ3n) is 4.05. The third kappa shape index (κ3) is 4.00. The van der Waals surface area contributed by atoms with Gasteiger partial charge in [0.05, 0.1) is 0 Å². The van der Waals surface area contributed by atoms with Gasteiger partial charge in [-0.15, -0.1) is 0 Å². The average Bonchev–Trinajstić information content (AvgIpc) is 2.46. The lowest BCUT2D eigenvalue weighted by Gasteiger charge is -2.36. The molecule has 0 aliphatic carbocycles. The van der Waals surface area contributed by atoms with Crippen LogP contribution in [0.1, 0.15) is 19.8 Å². The van der Waals surface area contributed by atoms with Crippen molar-refractivity contribution in [3.8, 4) is 0 Å². The van der Waals surface area contributed by atoms with Crippen LogP contribution in [0.15, 0.2) is 0 Å². The van der Waals surface area contributed by atoms with E-state index in [-0.39, 0.29) is 0 Å². The number of rotatable bonds is 5. The van der Waals surface area contributed by atoms with Crippen LogP contribution >= 0.6 is 0 Å². The number of nitrogens with zero attached hydrogens (tertiary/aromatic N) is 2.